The Bertz CT molecular complexity index is 612. The minimum Gasteiger partial charge on any atom is -0.354 e. The number of nitriles is 1. The van der Waals surface area contributed by atoms with Crippen molar-refractivity contribution in [1.82, 2.24) is 15.5 Å². The quantitative estimate of drug-likeness (QED) is 0.656. The smallest absolute Gasteiger partial charge is 0.191 e. The largest absolute Gasteiger partial charge is 0.354 e. The van der Waals surface area contributed by atoms with Crippen LogP contribution in [0, 0.1) is 17.1 Å². The standard InChI is InChI=1S/C18H26FN5/c1-13(2)24-8-6-16(7-9-24)23-18(21-3)22-12-15-10-14(11-20)4-5-17(15)19/h4-5,10,13,16H,6-9,12H2,1-3H3,(H2,21,22,23). The zero-order valence-corrected chi connectivity index (χ0v) is 14.6. The van der Waals surface area contributed by atoms with Crippen LogP contribution in [0.4, 0.5) is 4.39 Å². The first-order chi connectivity index (χ1) is 11.5. The van der Waals surface area contributed by atoms with Gasteiger partial charge in [-0.3, -0.25) is 4.99 Å². The van der Waals surface area contributed by atoms with Gasteiger partial charge in [-0.05, 0) is 44.9 Å². The fourth-order valence-corrected chi connectivity index (χ4v) is 2.91. The Balaban J connectivity index is 1.87. The number of piperidine rings is 1. The topological polar surface area (TPSA) is 63.5 Å². The molecule has 130 valence electrons. The molecule has 0 aromatic heterocycles. The number of likely N-dealkylation sites (tertiary alicyclic amines) is 1. The second-order valence-corrected chi connectivity index (χ2v) is 6.39. The Morgan fingerprint density at radius 2 is 2.12 bits per heavy atom. The van der Waals surface area contributed by atoms with Gasteiger partial charge in [0.05, 0.1) is 11.6 Å². The second-order valence-electron chi connectivity index (χ2n) is 6.39. The van der Waals surface area contributed by atoms with Gasteiger partial charge in [-0.2, -0.15) is 5.26 Å². The van der Waals surface area contributed by atoms with E-state index in [4.69, 9.17) is 5.26 Å². The maximum atomic E-state index is 13.8. The van der Waals surface area contributed by atoms with Crippen molar-refractivity contribution >= 4 is 5.96 Å². The highest BCUT2D eigenvalue weighted by molar-refractivity contribution is 5.80. The summed E-state index contributed by atoms with van der Waals surface area (Å²) < 4.78 is 13.8. The van der Waals surface area contributed by atoms with Gasteiger partial charge in [0.1, 0.15) is 5.82 Å². The van der Waals surface area contributed by atoms with E-state index in [9.17, 15) is 4.39 Å². The third kappa shape index (κ3) is 4.93. The van der Waals surface area contributed by atoms with Crippen LogP contribution in [0.3, 0.4) is 0 Å². The molecular formula is C18H26FN5. The van der Waals surface area contributed by atoms with Gasteiger partial charge in [-0.1, -0.05) is 0 Å². The molecule has 0 amide bonds. The number of benzene rings is 1. The van der Waals surface area contributed by atoms with Crippen LogP contribution < -0.4 is 10.6 Å². The number of guanidine groups is 1. The summed E-state index contributed by atoms with van der Waals surface area (Å²) in [7, 11) is 1.71. The Morgan fingerprint density at radius 1 is 1.42 bits per heavy atom. The van der Waals surface area contributed by atoms with Gasteiger partial charge in [0.2, 0.25) is 0 Å². The van der Waals surface area contributed by atoms with Crippen molar-refractivity contribution in [2.24, 2.45) is 4.99 Å². The monoisotopic (exact) mass is 331 g/mol. The van der Waals surface area contributed by atoms with Gasteiger partial charge in [0.15, 0.2) is 5.96 Å². The van der Waals surface area contributed by atoms with Crippen molar-refractivity contribution in [2.75, 3.05) is 20.1 Å². The van der Waals surface area contributed by atoms with Crippen LogP contribution in [-0.4, -0.2) is 43.1 Å². The predicted molar refractivity (Wildman–Crippen MR) is 94.2 cm³/mol. The Hall–Kier alpha value is -2.13. The van der Waals surface area contributed by atoms with Crippen molar-refractivity contribution in [3.8, 4) is 6.07 Å². The molecule has 24 heavy (non-hydrogen) atoms. The number of nitrogens with zero attached hydrogens (tertiary/aromatic N) is 3. The SMILES string of the molecule is CN=C(NCc1cc(C#N)ccc1F)NC1CCN(C(C)C)CC1. The van der Waals surface area contributed by atoms with Gasteiger partial charge in [0, 0.05) is 44.3 Å². The van der Waals surface area contributed by atoms with E-state index < -0.39 is 0 Å². The molecule has 0 spiro atoms. The van der Waals surface area contributed by atoms with Crippen molar-refractivity contribution < 1.29 is 4.39 Å². The lowest BCUT2D eigenvalue weighted by Gasteiger charge is -2.35. The summed E-state index contributed by atoms with van der Waals surface area (Å²) in [5, 5.41) is 15.5. The fraction of sp³-hybridized carbons (Fsp3) is 0.556. The van der Waals surface area contributed by atoms with E-state index in [0.29, 0.717) is 35.7 Å². The molecule has 5 nitrogen and oxygen atoms in total. The van der Waals surface area contributed by atoms with E-state index in [1.165, 1.54) is 12.1 Å². The lowest BCUT2D eigenvalue weighted by atomic mass is 10.0. The summed E-state index contributed by atoms with van der Waals surface area (Å²) in [6.45, 7) is 6.89. The molecule has 0 unspecified atom stereocenters. The maximum Gasteiger partial charge on any atom is 0.191 e. The first-order valence-corrected chi connectivity index (χ1v) is 8.43. The molecule has 1 heterocycles. The average Bonchev–Trinajstić information content (AvgIpc) is 2.60. The molecule has 6 heteroatoms. The number of rotatable bonds is 4. The van der Waals surface area contributed by atoms with Crippen LogP contribution in [-0.2, 0) is 6.54 Å². The predicted octanol–water partition coefficient (Wildman–Crippen LogP) is 2.24. The van der Waals surface area contributed by atoms with E-state index in [2.05, 4.69) is 34.4 Å². The summed E-state index contributed by atoms with van der Waals surface area (Å²) in [4.78, 5) is 6.69. The maximum absolute atomic E-state index is 13.8. The number of hydrogen-bond acceptors (Lipinski definition) is 3. The van der Waals surface area contributed by atoms with E-state index in [0.717, 1.165) is 25.9 Å². The fourth-order valence-electron chi connectivity index (χ4n) is 2.91. The van der Waals surface area contributed by atoms with Crippen LogP contribution in [0.1, 0.15) is 37.8 Å². The third-order valence-electron chi connectivity index (χ3n) is 4.45. The first kappa shape index (κ1) is 18.2. The molecular weight excluding hydrogens is 305 g/mol. The summed E-state index contributed by atoms with van der Waals surface area (Å²) in [6, 6.07) is 7.36. The van der Waals surface area contributed by atoms with Crippen molar-refractivity contribution in [3.05, 3.63) is 35.1 Å². The zero-order chi connectivity index (χ0) is 17.5. The van der Waals surface area contributed by atoms with Crippen molar-refractivity contribution in [3.63, 3.8) is 0 Å². The molecule has 1 fully saturated rings. The van der Waals surface area contributed by atoms with E-state index in [-0.39, 0.29) is 5.82 Å². The van der Waals surface area contributed by atoms with Crippen LogP contribution in [0.2, 0.25) is 0 Å². The molecule has 1 aliphatic heterocycles. The van der Waals surface area contributed by atoms with Gasteiger partial charge in [-0.15, -0.1) is 0 Å². The van der Waals surface area contributed by atoms with Crippen molar-refractivity contribution in [2.45, 2.75) is 45.3 Å². The molecule has 2 N–H and O–H groups in total. The van der Waals surface area contributed by atoms with E-state index >= 15 is 0 Å². The Kier molecular flexibility index (Phi) is 6.56. The van der Waals surface area contributed by atoms with Gasteiger partial charge in [0.25, 0.3) is 0 Å². The Morgan fingerprint density at radius 3 is 2.71 bits per heavy atom. The van der Waals surface area contributed by atoms with Crippen LogP contribution in [0.5, 0.6) is 0 Å². The van der Waals surface area contributed by atoms with Gasteiger partial charge < -0.3 is 15.5 Å². The summed E-state index contributed by atoms with van der Waals surface area (Å²) in [5.74, 6) is 0.349. The highest BCUT2D eigenvalue weighted by Crippen LogP contribution is 2.13. The van der Waals surface area contributed by atoms with E-state index in [1.54, 1.807) is 13.1 Å². The second kappa shape index (κ2) is 8.65. The summed E-state index contributed by atoms with van der Waals surface area (Å²) in [5.41, 5.74) is 0.920. The zero-order valence-electron chi connectivity index (χ0n) is 14.6. The molecule has 2 rings (SSSR count). The molecule has 0 saturated carbocycles. The molecule has 0 atom stereocenters. The molecule has 1 aromatic rings. The summed E-state index contributed by atoms with van der Waals surface area (Å²) >= 11 is 0. The highest BCUT2D eigenvalue weighted by atomic mass is 19.1. The molecule has 1 aliphatic rings. The van der Waals surface area contributed by atoms with Crippen molar-refractivity contribution in [1.29, 1.82) is 5.26 Å². The highest BCUT2D eigenvalue weighted by Gasteiger charge is 2.21. The van der Waals surface area contributed by atoms with Crippen LogP contribution >= 0.6 is 0 Å². The first-order valence-electron chi connectivity index (χ1n) is 8.43. The van der Waals surface area contributed by atoms with Gasteiger partial charge in [-0.25, -0.2) is 4.39 Å². The van der Waals surface area contributed by atoms with E-state index in [1.807, 2.05) is 6.07 Å². The molecule has 0 radical (unpaired) electrons. The van der Waals surface area contributed by atoms with Crippen LogP contribution in [0.25, 0.3) is 0 Å². The lowest BCUT2D eigenvalue weighted by molar-refractivity contribution is 0.167. The lowest BCUT2D eigenvalue weighted by Crippen LogP contribution is -2.49. The Labute approximate surface area is 143 Å². The van der Waals surface area contributed by atoms with Crippen LogP contribution in [0.15, 0.2) is 23.2 Å². The minimum absolute atomic E-state index is 0.297. The molecule has 0 bridgehead atoms. The molecule has 1 saturated heterocycles. The molecule has 0 aliphatic carbocycles. The third-order valence-corrected chi connectivity index (χ3v) is 4.45. The number of nitrogens with one attached hydrogen (secondary N) is 2. The minimum atomic E-state index is -0.317. The summed E-state index contributed by atoms with van der Waals surface area (Å²) in [6.07, 6.45) is 2.13. The van der Waals surface area contributed by atoms with Gasteiger partial charge >= 0.3 is 0 Å². The average molecular weight is 331 g/mol. The number of halogens is 1. The molecule has 1 aromatic carbocycles. The number of hydrogen-bond donors (Lipinski definition) is 2. The number of aliphatic imine (C=N–C) groups is 1. The normalized spacial score (nSPS) is 16.9.